The number of amides is 1. The molecule has 1 amide bonds. The van der Waals surface area contributed by atoms with Crippen LogP contribution in [0.25, 0.3) is 0 Å². The molecular weight excluding hydrogens is 244 g/mol. The molecule has 100 valence electrons. The van der Waals surface area contributed by atoms with E-state index in [1.807, 2.05) is 17.8 Å². The van der Waals surface area contributed by atoms with E-state index in [-0.39, 0.29) is 16.9 Å². The van der Waals surface area contributed by atoms with Crippen LogP contribution in [0, 0.1) is 6.92 Å². The molecule has 0 bridgehead atoms. The summed E-state index contributed by atoms with van der Waals surface area (Å²) in [5.41, 5.74) is 0.589. The number of imidazole rings is 1. The molecule has 2 rings (SSSR count). The van der Waals surface area contributed by atoms with Crippen molar-refractivity contribution in [2.45, 2.75) is 13.3 Å². The highest BCUT2D eigenvalue weighted by Gasteiger charge is 2.09. The lowest BCUT2D eigenvalue weighted by Crippen LogP contribution is -2.30. The van der Waals surface area contributed by atoms with E-state index in [0.717, 1.165) is 11.5 Å². The van der Waals surface area contributed by atoms with Gasteiger partial charge in [0.05, 0.1) is 0 Å². The molecule has 2 N–H and O–H groups in total. The second-order valence-electron chi connectivity index (χ2n) is 4.35. The Morgan fingerprint density at radius 1 is 1.53 bits per heavy atom. The monoisotopic (exact) mass is 260 g/mol. The minimum absolute atomic E-state index is 0.130. The number of carbonyl (C=O) groups excluding carboxylic acids is 1. The fraction of sp³-hybridized carbons (Fsp3) is 0.308. The number of nitrogens with zero attached hydrogens (tertiary/aromatic N) is 2. The first-order valence-electron chi connectivity index (χ1n) is 6.01. The van der Waals surface area contributed by atoms with Gasteiger partial charge in [-0.05, 0) is 6.92 Å². The predicted octanol–water partition coefficient (Wildman–Crippen LogP) is 0.389. The van der Waals surface area contributed by atoms with E-state index < -0.39 is 0 Å². The van der Waals surface area contributed by atoms with Gasteiger partial charge in [0.1, 0.15) is 11.4 Å². The van der Waals surface area contributed by atoms with Crippen molar-refractivity contribution in [1.29, 1.82) is 0 Å². The van der Waals surface area contributed by atoms with E-state index >= 15 is 0 Å². The normalized spacial score (nSPS) is 10.4. The molecule has 0 saturated heterocycles. The van der Waals surface area contributed by atoms with E-state index in [1.54, 1.807) is 13.1 Å². The number of aryl methyl sites for hydroxylation is 2. The Labute approximate surface area is 110 Å². The Morgan fingerprint density at radius 2 is 2.32 bits per heavy atom. The largest absolute Gasteiger partial charge is 0.364 e. The molecule has 0 spiro atoms. The average Bonchev–Trinajstić information content (AvgIpc) is 2.75. The van der Waals surface area contributed by atoms with Crippen LogP contribution in [-0.4, -0.2) is 27.0 Å². The molecule has 0 atom stereocenters. The van der Waals surface area contributed by atoms with Crippen molar-refractivity contribution in [2.24, 2.45) is 7.05 Å². The van der Waals surface area contributed by atoms with Gasteiger partial charge < -0.3 is 14.9 Å². The summed E-state index contributed by atoms with van der Waals surface area (Å²) < 4.78 is 1.89. The number of carbonyl (C=O) groups is 1. The van der Waals surface area contributed by atoms with Crippen LogP contribution in [0.4, 0.5) is 0 Å². The van der Waals surface area contributed by atoms with Gasteiger partial charge in [0, 0.05) is 50.4 Å². The van der Waals surface area contributed by atoms with Gasteiger partial charge in [0.25, 0.3) is 5.91 Å². The summed E-state index contributed by atoms with van der Waals surface area (Å²) in [6.45, 7) is 2.21. The highest BCUT2D eigenvalue weighted by atomic mass is 16.2. The van der Waals surface area contributed by atoms with Crippen LogP contribution in [0.5, 0.6) is 0 Å². The summed E-state index contributed by atoms with van der Waals surface area (Å²) in [6, 6.07) is 1.41. The molecular formula is C13H16N4O2. The zero-order chi connectivity index (χ0) is 13.8. The average molecular weight is 260 g/mol. The molecule has 0 radical (unpaired) electrons. The van der Waals surface area contributed by atoms with Gasteiger partial charge in [0.2, 0.25) is 0 Å². The van der Waals surface area contributed by atoms with Gasteiger partial charge in [-0.25, -0.2) is 4.98 Å². The summed E-state index contributed by atoms with van der Waals surface area (Å²) in [4.78, 5) is 30.5. The maximum absolute atomic E-state index is 11.8. The third-order valence-corrected chi connectivity index (χ3v) is 2.86. The molecule has 2 aromatic rings. The number of pyridine rings is 1. The molecule has 0 aromatic carbocycles. The fourth-order valence-electron chi connectivity index (χ4n) is 1.77. The lowest BCUT2D eigenvalue weighted by atomic mass is 10.2. The SMILES string of the molecule is Cc1cc(=O)c(C(=O)NCCc2nccn2C)c[nH]1. The number of aromatic nitrogens is 3. The summed E-state index contributed by atoms with van der Waals surface area (Å²) in [5, 5.41) is 2.71. The van der Waals surface area contributed by atoms with Crippen molar-refractivity contribution in [2.75, 3.05) is 6.54 Å². The van der Waals surface area contributed by atoms with Gasteiger partial charge in [-0.3, -0.25) is 9.59 Å². The quantitative estimate of drug-likeness (QED) is 0.834. The molecule has 0 fully saturated rings. The molecule has 0 aliphatic heterocycles. The van der Waals surface area contributed by atoms with Crippen molar-refractivity contribution in [3.63, 3.8) is 0 Å². The summed E-state index contributed by atoms with van der Waals surface area (Å²) >= 11 is 0. The summed E-state index contributed by atoms with van der Waals surface area (Å²) in [7, 11) is 1.90. The standard InChI is InChI=1S/C13H16N4O2/c1-9-7-11(18)10(8-16-9)13(19)15-4-3-12-14-5-6-17(12)2/h5-8H,3-4H2,1-2H3,(H,15,19)(H,16,18). The smallest absolute Gasteiger partial charge is 0.256 e. The van der Waals surface area contributed by atoms with Crippen LogP contribution < -0.4 is 10.7 Å². The van der Waals surface area contributed by atoms with E-state index in [9.17, 15) is 9.59 Å². The lowest BCUT2D eigenvalue weighted by Gasteiger charge is -2.05. The first kappa shape index (κ1) is 13.1. The van der Waals surface area contributed by atoms with E-state index in [2.05, 4.69) is 15.3 Å². The second-order valence-corrected chi connectivity index (χ2v) is 4.35. The Balaban J connectivity index is 1.95. The third kappa shape index (κ3) is 3.09. The Morgan fingerprint density at radius 3 is 2.95 bits per heavy atom. The molecule has 19 heavy (non-hydrogen) atoms. The van der Waals surface area contributed by atoms with Crippen LogP contribution in [0.15, 0.2) is 29.5 Å². The Hall–Kier alpha value is -2.37. The number of hydrogen-bond acceptors (Lipinski definition) is 3. The lowest BCUT2D eigenvalue weighted by molar-refractivity contribution is 0.0952. The highest BCUT2D eigenvalue weighted by Crippen LogP contribution is 1.95. The van der Waals surface area contributed by atoms with Gasteiger partial charge >= 0.3 is 0 Å². The van der Waals surface area contributed by atoms with Crippen LogP contribution in [-0.2, 0) is 13.5 Å². The van der Waals surface area contributed by atoms with E-state index in [0.29, 0.717) is 13.0 Å². The first-order valence-corrected chi connectivity index (χ1v) is 6.01. The molecule has 0 unspecified atom stereocenters. The maximum Gasteiger partial charge on any atom is 0.256 e. The fourth-order valence-corrected chi connectivity index (χ4v) is 1.77. The van der Waals surface area contributed by atoms with Crippen molar-refractivity contribution >= 4 is 5.91 Å². The molecule has 2 aromatic heterocycles. The van der Waals surface area contributed by atoms with Crippen molar-refractivity contribution in [3.05, 3.63) is 52.0 Å². The van der Waals surface area contributed by atoms with Crippen LogP contribution in [0.1, 0.15) is 21.9 Å². The Bertz CT molecular complexity index is 642. The minimum atomic E-state index is -0.365. The molecule has 6 heteroatoms. The number of rotatable bonds is 4. The van der Waals surface area contributed by atoms with Crippen LogP contribution >= 0.6 is 0 Å². The topological polar surface area (TPSA) is 79.8 Å². The van der Waals surface area contributed by atoms with Crippen molar-refractivity contribution < 1.29 is 4.79 Å². The van der Waals surface area contributed by atoms with Crippen molar-refractivity contribution in [1.82, 2.24) is 19.9 Å². The number of aromatic amines is 1. The van der Waals surface area contributed by atoms with E-state index in [1.165, 1.54) is 12.3 Å². The Kier molecular flexibility index (Phi) is 3.79. The second kappa shape index (κ2) is 5.51. The molecule has 0 aliphatic rings. The number of hydrogen-bond donors (Lipinski definition) is 2. The van der Waals surface area contributed by atoms with Crippen molar-refractivity contribution in [3.8, 4) is 0 Å². The van der Waals surface area contributed by atoms with Gasteiger partial charge in [-0.1, -0.05) is 0 Å². The van der Waals surface area contributed by atoms with E-state index in [4.69, 9.17) is 0 Å². The summed E-state index contributed by atoms with van der Waals surface area (Å²) in [5.74, 6) is 0.522. The van der Waals surface area contributed by atoms with Gasteiger partial charge in [0.15, 0.2) is 5.43 Å². The van der Waals surface area contributed by atoms with Crippen LogP contribution in [0.3, 0.4) is 0 Å². The van der Waals surface area contributed by atoms with Gasteiger partial charge in [-0.2, -0.15) is 0 Å². The highest BCUT2D eigenvalue weighted by molar-refractivity contribution is 5.93. The predicted molar refractivity (Wildman–Crippen MR) is 71.0 cm³/mol. The summed E-state index contributed by atoms with van der Waals surface area (Å²) in [6.07, 6.45) is 5.62. The van der Waals surface area contributed by atoms with Gasteiger partial charge in [-0.15, -0.1) is 0 Å². The first-order chi connectivity index (χ1) is 9.08. The maximum atomic E-state index is 11.8. The molecule has 6 nitrogen and oxygen atoms in total. The molecule has 0 aliphatic carbocycles. The number of nitrogens with one attached hydrogen (secondary N) is 2. The zero-order valence-corrected chi connectivity index (χ0v) is 10.9. The molecule has 0 saturated carbocycles. The third-order valence-electron chi connectivity index (χ3n) is 2.86. The number of H-pyrrole nitrogens is 1. The zero-order valence-electron chi connectivity index (χ0n) is 10.9. The van der Waals surface area contributed by atoms with Crippen LogP contribution in [0.2, 0.25) is 0 Å². The molecule has 2 heterocycles. The minimum Gasteiger partial charge on any atom is -0.364 e.